The average Bonchev–Trinajstić information content (AvgIpc) is 3.12. The lowest BCUT2D eigenvalue weighted by Gasteiger charge is -2.11. The third kappa shape index (κ3) is 1.70. The molecule has 4 heteroatoms. The van der Waals surface area contributed by atoms with Gasteiger partial charge >= 0.3 is 0 Å². The monoisotopic (exact) mass is 292 g/mol. The van der Waals surface area contributed by atoms with Crippen molar-refractivity contribution in [2.24, 2.45) is 0 Å². The third-order valence-corrected chi connectivity index (χ3v) is 3.96. The minimum atomic E-state index is 0.960. The van der Waals surface area contributed by atoms with Gasteiger partial charge in [-0.3, -0.25) is 0 Å². The number of fused-ring (bicyclic) bond motifs is 2. The molecule has 0 aliphatic heterocycles. The molecule has 0 saturated heterocycles. The molecule has 0 aliphatic carbocycles. The molecule has 22 heavy (non-hydrogen) atoms. The Kier molecular flexibility index (Phi) is 2.82. The summed E-state index contributed by atoms with van der Waals surface area (Å²) in [5.41, 5.74) is 3.99. The zero-order chi connectivity index (χ0) is 15.1. The summed E-state index contributed by atoms with van der Waals surface area (Å²) in [6.07, 6.45) is 0. The smallest absolute Gasteiger partial charge is 0.108 e. The molecule has 2 aromatic carbocycles. The van der Waals surface area contributed by atoms with Gasteiger partial charge in [0.15, 0.2) is 0 Å². The topological polar surface area (TPSA) is 28.3 Å². The number of benzene rings is 2. The van der Waals surface area contributed by atoms with Gasteiger partial charge in [0.05, 0.1) is 11.0 Å². The summed E-state index contributed by atoms with van der Waals surface area (Å²) in [6.45, 7) is 0. The number of nitrogens with zero attached hydrogens (tertiary/aromatic N) is 2. The van der Waals surface area contributed by atoms with E-state index in [-0.39, 0.29) is 0 Å². The van der Waals surface area contributed by atoms with Crippen LogP contribution in [0.2, 0.25) is 0 Å². The SMILES string of the molecule is COn1c(-c2cc3ccccc3n2OC)cc2ccccc21. The largest absolute Gasteiger partial charge is 0.416 e. The number of hydrogen-bond donors (Lipinski definition) is 0. The van der Waals surface area contributed by atoms with E-state index in [0.29, 0.717) is 0 Å². The molecule has 0 radical (unpaired) electrons. The second-order valence-electron chi connectivity index (χ2n) is 5.13. The molecular weight excluding hydrogens is 276 g/mol. The molecule has 2 heterocycles. The van der Waals surface area contributed by atoms with Crippen LogP contribution in [-0.2, 0) is 0 Å². The first-order valence-electron chi connectivity index (χ1n) is 7.14. The van der Waals surface area contributed by atoms with Crippen molar-refractivity contribution in [1.82, 2.24) is 9.46 Å². The highest BCUT2D eigenvalue weighted by atomic mass is 16.7. The summed E-state index contributed by atoms with van der Waals surface area (Å²) in [5, 5.41) is 2.26. The van der Waals surface area contributed by atoms with Crippen molar-refractivity contribution in [3.8, 4) is 11.4 Å². The number of para-hydroxylation sites is 2. The van der Waals surface area contributed by atoms with E-state index >= 15 is 0 Å². The molecule has 4 aromatic rings. The van der Waals surface area contributed by atoms with Crippen LogP contribution in [-0.4, -0.2) is 23.7 Å². The highest BCUT2D eigenvalue weighted by molar-refractivity contribution is 5.91. The van der Waals surface area contributed by atoms with E-state index < -0.39 is 0 Å². The maximum atomic E-state index is 5.60. The predicted molar refractivity (Wildman–Crippen MR) is 87.9 cm³/mol. The van der Waals surface area contributed by atoms with Crippen molar-refractivity contribution in [2.45, 2.75) is 0 Å². The maximum Gasteiger partial charge on any atom is 0.108 e. The molecule has 0 fully saturated rings. The van der Waals surface area contributed by atoms with E-state index in [1.165, 1.54) is 0 Å². The van der Waals surface area contributed by atoms with Gasteiger partial charge in [0, 0.05) is 10.8 Å². The van der Waals surface area contributed by atoms with Crippen LogP contribution >= 0.6 is 0 Å². The van der Waals surface area contributed by atoms with Gasteiger partial charge in [0.1, 0.15) is 25.6 Å². The van der Waals surface area contributed by atoms with Gasteiger partial charge in [-0.25, -0.2) is 0 Å². The molecule has 2 aromatic heterocycles. The average molecular weight is 292 g/mol. The van der Waals surface area contributed by atoms with Gasteiger partial charge in [-0.1, -0.05) is 36.4 Å². The van der Waals surface area contributed by atoms with Gasteiger partial charge in [-0.2, -0.15) is 9.46 Å². The van der Waals surface area contributed by atoms with Crippen LogP contribution in [0.15, 0.2) is 60.7 Å². The van der Waals surface area contributed by atoms with Crippen LogP contribution in [0.4, 0.5) is 0 Å². The van der Waals surface area contributed by atoms with Crippen molar-refractivity contribution < 1.29 is 9.68 Å². The molecule has 0 N–H and O–H groups in total. The lowest BCUT2D eigenvalue weighted by molar-refractivity contribution is 0.170. The fourth-order valence-corrected chi connectivity index (χ4v) is 3.01. The van der Waals surface area contributed by atoms with Crippen LogP contribution in [0, 0.1) is 0 Å². The van der Waals surface area contributed by atoms with E-state index in [2.05, 4.69) is 24.3 Å². The second kappa shape index (κ2) is 4.84. The third-order valence-electron chi connectivity index (χ3n) is 3.96. The van der Waals surface area contributed by atoms with Crippen LogP contribution in [0.5, 0.6) is 0 Å². The summed E-state index contributed by atoms with van der Waals surface area (Å²) in [6, 6.07) is 20.5. The summed E-state index contributed by atoms with van der Waals surface area (Å²) in [5.74, 6) is 0. The zero-order valence-corrected chi connectivity index (χ0v) is 12.5. The molecule has 110 valence electrons. The van der Waals surface area contributed by atoms with Crippen LogP contribution < -0.4 is 9.68 Å². The van der Waals surface area contributed by atoms with Gasteiger partial charge in [-0.15, -0.1) is 0 Å². The fourth-order valence-electron chi connectivity index (χ4n) is 3.01. The highest BCUT2D eigenvalue weighted by Crippen LogP contribution is 2.31. The van der Waals surface area contributed by atoms with E-state index in [9.17, 15) is 0 Å². The molecule has 0 aliphatic rings. The normalized spacial score (nSPS) is 11.2. The number of hydrogen-bond acceptors (Lipinski definition) is 2. The van der Waals surface area contributed by atoms with E-state index in [1.807, 2.05) is 45.9 Å². The van der Waals surface area contributed by atoms with Gasteiger partial charge in [0.25, 0.3) is 0 Å². The first-order chi connectivity index (χ1) is 10.8. The van der Waals surface area contributed by atoms with Crippen LogP contribution in [0.25, 0.3) is 33.2 Å². The lowest BCUT2D eigenvalue weighted by Crippen LogP contribution is -2.12. The van der Waals surface area contributed by atoms with Crippen LogP contribution in [0.3, 0.4) is 0 Å². The summed E-state index contributed by atoms with van der Waals surface area (Å²) in [7, 11) is 3.35. The molecule has 0 spiro atoms. The molecule has 4 rings (SSSR count). The molecule has 4 nitrogen and oxygen atoms in total. The minimum absolute atomic E-state index is 0.960. The van der Waals surface area contributed by atoms with Crippen molar-refractivity contribution >= 4 is 21.8 Å². The lowest BCUT2D eigenvalue weighted by atomic mass is 10.2. The zero-order valence-electron chi connectivity index (χ0n) is 12.5. The van der Waals surface area contributed by atoms with Crippen molar-refractivity contribution in [2.75, 3.05) is 14.2 Å². The Bertz CT molecular complexity index is 886. The van der Waals surface area contributed by atoms with Crippen molar-refractivity contribution in [3.05, 3.63) is 60.7 Å². The number of rotatable bonds is 3. The Labute approximate surface area is 128 Å². The Balaban J connectivity index is 2.07. The van der Waals surface area contributed by atoms with Crippen molar-refractivity contribution in [3.63, 3.8) is 0 Å². The predicted octanol–water partition coefficient (Wildman–Crippen LogP) is 3.38. The highest BCUT2D eigenvalue weighted by Gasteiger charge is 2.17. The molecule has 0 atom stereocenters. The molecule has 0 saturated carbocycles. The van der Waals surface area contributed by atoms with Gasteiger partial charge in [-0.05, 0) is 24.3 Å². The van der Waals surface area contributed by atoms with Gasteiger partial charge < -0.3 is 9.68 Å². The summed E-state index contributed by atoms with van der Waals surface area (Å²) < 4.78 is 3.66. The van der Waals surface area contributed by atoms with E-state index in [0.717, 1.165) is 33.2 Å². The minimum Gasteiger partial charge on any atom is -0.416 e. The fraction of sp³-hybridized carbons (Fsp3) is 0.111. The van der Waals surface area contributed by atoms with E-state index in [4.69, 9.17) is 9.68 Å². The Morgan fingerprint density at radius 3 is 1.45 bits per heavy atom. The first kappa shape index (κ1) is 12.8. The number of aromatic nitrogens is 2. The standard InChI is InChI=1S/C18H16N2O2/c1-21-19-15-9-5-3-7-13(15)11-17(19)18-12-14-8-4-6-10-16(14)20(18)22-2/h3-12H,1-2H3. The molecule has 0 unspecified atom stereocenters. The van der Waals surface area contributed by atoms with E-state index in [1.54, 1.807) is 14.2 Å². The quantitative estimate of drug-likeness (QED) is 0.579. The van der Waals surface area contributed by atoms with Gasteiger partial charge in [0.2, 0.25) is 0 Å². The molecule has 0 bridgehead atoms. The summed E-state index contributed by atoms with van der Waals surface area (Å²) in [4.78, 5) is 11.2. The Hall–Kier alpha value is -2.88. The molecular formula is C18H16N2O2. The molecule has 0 amide bonds. The first-order valence-corrected chi connectivity index (χ1v) is 7.14. The Morgan fingerprint density at radius 2 is 1.05 bits per heavy atom. The summed E-state index contributed by atoms with van der Waals surface area (Å²) >= 11 is 0. The second-order valence-corrected chi connectivity index (χ2v) is 5.13. The maximum absolute atomic E-state index is 5.60. The van der Waals surface area contributed by atoms with Crippen LogP contribution in [0.1, 0.15) is 0 Å². The van der Waals surface area contributed by atoms with Crippen molar-refractivity contribution in [1.29, 1.82) is 0 Å². The Morgan fingerprint density at radius 1 is 0.636 bits per heavy atom.